The first-order valence-corrected chi connectivity index (χ1v) is 6.73. The van der Waals surface area contributed by atoms with Gasteiger partial charge in [0.15, 0.2) is 0 Å². The van der Waals surface area contributed by atoms with Gasteiger partial charge < -0.3 is 9.64 Å². The van der Waals surface area contributed by atoms with Gasteiger partial charge in [-0.25, -0.2) is 4.98 Å². The smallest absolute Gasteiger partial charge is 0.319 e. The molecule has 1 fully saturated rings. The van der Waals surface area contributed by atoms with Crippen molar-refractivity contribution >= 4 is 29.1 Å². The minimum absolute atomic E-state index is 0.131. The molecule has 0 bridgehead atoms. The fraction of sp³-hybridized carbons (Fsp3) is 0.500. The van der Waals surface area contributed by atoms with Crippen molar-refractivity contribution in [1.29, 1.82) is 0 Å². The van der Waals surface area contributed by atoms with Gasteiger partial charge in [-0.3, -0.25) is 19.8 Å². The van der Waals surface area contributed by atoms with E-state index in [-0.39, 0.29) is 23.2 Å². The predicted molar refractivity (Wildman–Crippen MR) is 76.6 cm³/mol. The van der Waals surface area contributed by atoms with Crippen LogP contribution in [0.3, 0.4) is 0 Å². The molecular weight excluding hydrogens is 300 g/mol. The SMILES string of the molecule is COC(=O)CN1CCN(c2ncc([N+](=O)[O-])cc2Cl)CC1. The maximum Gasteiger partial charge on any atom is 0.319 e. The molecular formula is C12H15ClN4O4. The fourth-order valence-corrected chi connectivity index (χ4v) is 2.40. The third-order valence-corrected chi connectivity index (χ3v) is 3.55. The van der Waals surface area contributed by atoms with Crippen molar-refractivity contribution in [1.82, 2.24) is 9.88 Å². The van der Waals surface area contributed by atoms with Crippen molar-refractivity contribution in [3.05, 3.63) is 27.4 Å². The van der Waals surface area contributed by atoms with Gasteiger partial charge in [0, 0.05) is 32.2 Å². The minimum atomic E-state index is -0.531. The van der Waals surface area contributed by atoms with Gasteiger partial charge in [0.05, 0.1) is 23.6 Å². The van der Waals surface area contributed by atoms with E-state index in [9.17, 15) is 14.9 Å². The highest BCUT2D eigenvalue weighted by atomic mass is 35.5. The van der Waals surface area contributed by atoms with Gasteiger partial charge in [0.25, 0.3) is 5.69 Å². The summed E-state index contributed by atoms with van der Waals surface area (Å²) in [5.74, 6) is 0.259. The average Bonchev–Trinajstić information content (AvgIpc) is 2.48. The molecule has 0 unspecified atom stereocenters. The van der Waals surface area contributed by atoms with Gasteiger partial charge >= 0.3 is 5.97 Å². The van der Waals surface area contributed by atoms with E-state index in [1.165, 1.54) is 19.4 Å². The normalized spacial score (nSPS) is 15.8. The van der Waals surface area contributed by atoms with Gasteiger partial charge in [0.1, 0.15) is 12.0 Å². The topological polar surface area (TPSA) is 88.8 Å². The van der Waals surface area contributed by atoms with E-state index in [1.54, 1.807) is 0 Å². The molecule has 1 aromatic rings. The summed E-state index contributed by atoms with van der Waals surface area (Å²) in [6.07, 6.45) is 1.20. The first-order chi connectivity index (χ1) is 10.0. The lowest BCUT2D eigenvalue weighted by Gasteiger charge is -2.34. The second kappa shape index (κ2) is 6.68. The molecule has 1 saturated heterocycles. The number of pyridine rings is 1. The number of rotatable bonds is 4. The lowest BCUT2D eigenvalue weighted by molar-refractivity contribution is -0.385. The van der Waals surface area contributed by atoms with Gasteiger partial charge in [-0.15, -0.1) is 0 Å². The molecule has 21 heavy (non-hydrogen) atoms. The Morgan fingerprint density at radius 2 is 2.14 bits per heavy atom. The van der Waals surface area contributed by atoms with Gasteiger partial charge in [-0.1, -0.05) is 11.6 Å². The molecule has 114 valence electrons. The molecule has 2 heterocycles. The van der Waals surface area contributed by atoms with Crippen molar-refractivity contribution in [2.24, 2.45) is 0 Å². The van der Waals surface area contributed by atoms with Crippen LogP contribution < -0.4 is 4.90 Å². The Kier molecular flexibility index (Phi) is 4.92. The Bertz CT molecular complexity index is 546. The third-order valence-electron chi connectivity index (χ3n) is 3.27. The fourth-order valence-electron chi connectivity index (χ4n) is 2.12. The Hall–Kier alpha value is -1.93. The van der Waals surface area contributed by atoms with Crippen LogP contribution in [0.25, 0.3) is 0 Å². The van der Waals surface area contributed by atoms with Crippen LogP contribution in [0.1, 0.15) is 0 Å². The molecule has 0 aliphatic carbocycles. The first kappa shape index (κ1) is 15.5. The predicted octanol–water partition coefficient (Wildman–Crippen LogP) is 0.938. The van der Waals surface area contributed by atoms with E-state index < -0.39 is 4.92 Å². The van der Waals surface area contributed by atoms with Crippen LogP contribution in [-0.4, -0.2) is 60.6 Å². The Morgan fingerprint density at radius 3 is 2.67 bits per heavy atom. The van der Waals surface area contributed by atoms with Crippen LogP contribution in [0.4, 0.5) is 11.5 Å². The number of nitro groups is 1. The molecule has 0 aromatic carbocycles. The Morgan fingerprint density at radius 1 is 1.48 bits per heavy atom. The zero-order valence-electron chi connectivity index (χ0n) is 11.5. The number of carbonyl (C=O) groups is 1. The first-order valence-electron chi connectivity index (χ1n) is 6.35. The van der Waals surface area contributed by atoms with E-state index >= 15 is 0 Å². The van der Waals surface area contributed by atoms with E-state index in [2.05, 4.69) is 9.72 Å². The zero-order valence-corrected chi connectivity index (χ0v) is 12.2. The maximum absolute atomic E-state index is 11.2. The summed E-state index contributed by atoms with van der Waals surface area (Å²) in [5.41, 5.74) is -0.131. The summed E-state index contributed by atoms with van der Waals surface area (Å²) in [5, 5.41) is 10.9. The molecule has 1 aromatic heterocycles. The number of aromatic nitrogens is 1. The molecule has 0 radical (unpaired) electrons. The van der Waals surface area contributed by atoms with E-state index in [0.717, 1.165) is 0 Å². The summed E-state index contributed by atoms with van der Waals surface area (Å²) >= 11 is 6.05. The summed E-state index contributed by atoms with van der Waals surface area (Å²) in [6.45, 7) is 2.88. The van der Waals surface area contributed by atoms with Crippen LogP contribution in [0.2, 0.25) is 5.02 Å². The molecule has 0 spiro atoms. The van der Waals surface area contributed by atoms with E-state index in [1.807, 2.05) is 9.80 Å². The van der Waals surface area contributed by atoms with Crippen LogP contribution in [0, 0.1) is 10.1 Å². The third kappa shape index (κ3) is 3.79. The molecule has 8 nitrogen and oxygen atoms in total. The Balaban J connectivity index is 1.99. The standard InChI is InChI=1S/C12H15ClN4O4/c1-21-11(18)8-15-2-4-16(5-3-15)12-10(13)6-9(7-14-12)17(19)20/h6-7H,2-5,8H2,1H3. The molecule has 1 aliphatic heterocycles. The number of carbonyl (C=O) groups excluding carboxylic acids is 1. The highest BCUT2D eigenvalue weighted by Gasteiger charge is 2.22. The number of methoxy groups -OCH3 is 1. The molecule has 0 saturated carbocycles. The largest absolute Gasteiger partial charge is 0.468 e. The minimum Gasteiger partial charge on any atom is -0.468 e. The van der Waals surface area contributed by atoms with Crippen molar-refractivity contribution in [2.75, 3.05) is 44.7 Å². The highest BCUT2D eigenvalue weighted by Crippen LogP contribution is 2.27. The molecule has 9 heteroatoms. The zero-order chi connectivity index (χ0) is 15.4. The summed E-state index contributed by atoms with van der Waals surface area (Å²) < 4.78 is 4.63. The summed E-state index contributed by atoms with van der Waals surface area (Å²) in [7, 11) is 1.36. The van der Waals surface area contributed by atoms with Crippen molar-refractivity contribution in [3.63, 3.8) is 0 Å². The van der Waals surface area contributed by atoms with Gasteiger partial charge in [-0.2, -0.15) is 0 Å². The second-order valence-electron chi connectivity index (χ2n) is 4.60. The molecule has 1 aliphatic rings. The molecule has 2 rings (SSSR count). The van der Waals surface area contributed by atoms with Crippen molar-refractivity contribution in [3.8, 4) is 0 Å². The van der Waals surface area contributed by atoms with Crippen molar-refractivity contribution in [2.45, 2.75) is 0 Å². The number of hydrogen-bond donors (Lipinski definition) is 0. The summed E-state index contributed by atoms with van der Waals surface area (Å²) in [4.78, 5) is 29.3. The number of ether oxygens (including phenoxy) is 1. The maximum atomic E-state index is 11.2. The molecule has 0 N–H and O–H groups in total. The van der Waals surface area contributed by atoms with Gasteiger partial charge in [0.2, 0.25) is 0 Å². The molecule has 0 atom stereocenters. The second-order valence-corrected chi connectivity index (χ2v) is 5.00. The van der Waals surface area contributed by atoms with Crippen LogP contribution >= 0.6 is 11.6 Å². The molecule has 0 amide bonds. The van der Waals surface area contributed by atoms with E-state index in [4.69, 9.17) is 11.6 Å². The Labute approximate surface area is 126 Å². The van der Waals surface area contributed by atoms with Gasteiger partial charge in [-0.05, 0) is 0 Å². The summed E-state index contributed by atoms with van der Waals surface area (Å²) in [6, 6.07) is 1.30. The number of nitrogens with zero attached hydrogens (tertiary/aromatic N) is 4. The number of piperazine rings is 1. The van der Waals surface area contributed by atoms with E-state index in [0.29, 0.717) is 32.0 Å². The number of anilines is 1. The van der Waals surface area contributed by atoms with Crippen molar-refractivity contribution < 1.29 is 14.5 Å². The lowest BCUT2D eigenvalue weighted by atomic mass is 10.3. The number of esters is 1. The number of hydrogen-bond acceptors (Lipinski definition) is 7. The average molecular weight is 315 g/mol. The van der Waals surface area contributed by atoms with Crippen LogP contribution in [0.15, 0.2) is 12.3 Å². The monoisotopic (exact) mass is 314 g/mol. The van der Waals surface area contributed by atoms with Crippen LogP contribution in [-0.2, 0) is 9.53 Å². The highest BCUT2D eigenvalue weighted by molar-refractivity contribution is 6.33. The lowest BCUT2D eigenvalue weighted by Crippen LogP contribution is -2.48. The van der Waals surface area contributed by atoms with Crippen LogP contribution in [0.5, 0.6) is 0 Å². The number of halogens is 1. The quantitative estimate of drug-likeness (QED) is 0.464.